The molecule has 1 aliphatic heterocycles. The van der Waals surface area contributed by atoms with Crippen molar-refractivity contribution in [1.29, 1.82) is 0 Å². The highest BCUT2D eigenvalue weighted by Crippen LogP contribution is 2.37. The molecular formula is C26H29Cl2F6N3O3S. The molecule has 1 atom stereocenters. The van der Waals surface area contributed by atoms with Gasteiger partial charge >= 0.3 is 12.4 Å². The molecule has 6 nitrogen and oxygen atoms in total. The van der Waals surface area contributed by atoms with E-state index in [2.05, 4.69) is 10.0 Å². The smallest absolute Gasteiger partial charge is 0.351 e. The van der Waals surface area contributed by atoms with E-state index in [1.165, 1.54) is 12.1 Å². The molecule has 3 rings (SSSR count). The van der Waals surface area contributed by atoms with Crippen LogP contribution in [0.25, 0.3) is 0 Å². The molecular weight excluding hydrogens is 619 g/mol. The summed E-state index contributed by atoms with van der Waals surface area (Å²) in [5.74, 6) is -0.629. The Morgan fingerprint density at radius 3 is 1.98 bits per heavy atom. The molecule has 2 aromatic rings. The molecule has 41 heavy (non-hydrogen) atoms. The summed E-state index contributed by atoms with van der Waals surface area (Å²) in [5.41, 5.74) is -4.14. The largest absolute Gasteiger partial charge is 0.416 e. The van der Waals surface area contributed by atoms with Crippen LogP contribution in [0.15, 0.2) is 36.4 Å². The van der Waals surface area contributed by atoms with Crippen LogP contribution in [0.4, 0.5) is 26.3 Å². The van der Waals surface area contributed by atoms with Gasteiger partial charge in [-0.05, 0) is 87.3 Å². The fourth-order valence-electron chi connectivity index (χ4n) is 4.69. The van der Waals surface area contributed by atoms with Crippen LogP contribution in [0, 0.1) is 0 Å². The normalized spacial score (nSPS) is 17.3. The van der Waals surface area contributed by atoms with Crippen LogP contribution < -0.4 is 10.0 Å². The lowest BCUT2D eigenvalue weighted by Gasteiger charge is -2.35. The quantitative estimate of drug-likeness (QED) is 0.327. The van der Waals surface area contributed by atoms with Crippen molar-refractivity contribution in [1.82, 2.24) is 14.9 Å². The van der Waals surface area contributed by atoms with Crippen LogP contribution in [0.2, 0.25) is 10.0 Å². The minimum Gasteiger partial charge on any atom is -0.351 e. The Hall–Kier alpha value is -2.06. The molecule has 2 aromatic carbocycles. The van der Waals surface area contributed by atoms with Crippen LogP contribution in [-0.2, 0) is 39.1 Å². The lowest BCUT2D eigenvalue weighted by molar-refractivity contribution is -0.143. The Bertz CT molecular complexity index is 1330. The predicted molar refractivity (Wildman–Crippen MR) is 144 cm³/mol. The Morgan fingerprint density at radius 1 is 0.927 bits per heavy atom. The number of carbonyl (C=O) groups excluding carboxylic acids is 1. The topological polar surface area (TPSA) is 78.5 Å². The van der Waals surface area contributed by atoms with E-state index in [-0.39, 0.29) is 34.1 Å². The molecule has 2 N–H and O–H groups in total. The van der Waals surface area contributed by atoms with E-state index in [1.807, 2.05) is 4.90 Å². The van der Waals surface area contributed by atoms with Gasteiger partial charge in [-0.15, -0.1) is 0 Å². The van der Waals surface area contributed by atoms with Crippen LogP contribution >= 0.6 is 23.2 Å². The zero-order chi connectivity index (χ0) is 30.8. The Morgan fingerprint density at radius 2 is 1.49 bits per heavy atom. The lowest BCUT2D eigenvalue weighted by Crippen LogP contribution is -2.47. The maximum absolute atomic E-state index is 13.6. The van der Waals surface area contributed by atoms with Crippen molar-refractivity contribution in [2.75, 3.05) is 25.9 Å². The predicted octanol–water partition coefficient (Wildman–Crippen LogP) is 6.01. The number of halogens is 8. The maximum Gasteiger partial charge on any atom is 0.416 e. The minimum atomic E-state index is -5.02. The first-order chi connectivity index (χ1) is 18.8. The van der Waals surface area contributed by atoms with Crippen LogP contribution in [-0.4, -0.2) is 51.2 Å². The van der Waals surface area contributed by atoms with Gasteiger partial charge in [0.25, 0.3) is 0 Å². The number of benzene rings is 2. The van der Waals surface area contributed by atoms with E-state index >= 15 is 0 Å². The molecule has 1 heterocycles. The molecule has 15 heteroatoms. The van der Waals surface area contributed by atoms with Crippen molar-refractivity contribution < 1.29 is 39.6 Å². The maximum atomic E-state index is 13.6. The van der Waals surface area contributed by atoms with E-state index in [0.717, 1.165) is 6.26 Å². The highest BCUT2D eigenvalue weighted by Gasteiger charge is 2.38. The number of sulfonamides is 1. The Kier molecular flexibility index (Phi) is 10.3. The first-order valence-corrected chi connectivity index (χ1v) is 15.1. The van der Waals surface area contributed by atoms with Gasteiger partial charge in [-0.25, -0.2) is 13.1 Å². The molecule has 0 radical (unpaired) electrons. The van der Waals surface area contributed by atoms with E-state index in [1.54, 1.807) is 13.0 Å². The number of hydrogen-bond acceptors (Lipinski definition) is 4. The summed E-state index contributed by atoms with van der Waals surface area (Å²) < 4.78 is 105. The average molecular weight is 648 g/mol. The van der Waals surface area contributed by atoms with Gasteiger partial charge in [-0.1, -0.05) is 29.3 Å². The van der Waals surface area contributed by atoms with E-state index < -0.39 is 51.4 Å². The summed E-state index contributed by atoms with van der Waals surface area (Å²) in [7, 11) is -3.35. The number of piperidine rings is 1. The van der Waals surface area contributed by atoms with Gasteiger partial charge in [0.05, 0.1) is 32.8 Å². The zero-order valence-corrected chi connectivity index (χ0v) is 24.4. The molecule has 228 valence electrons. The fraction of sp³-hybridized carbons (Fsp3) is 0.500. The number of amides is 1. The first-order valence-electron chi connectivity index (χ1n) is 12.5. The van der Waals surface area contributed by atoms with E-state index in [9.17, 15) is 39.6 Å². The van der Waals surface area contributed by atoms with Gasteiger partial charge in [-0.2, -0.15) is 26.3 Å². The number of carbonyl (C=O) groups is 1. The van der Waals surface area contributed by atoms with Crippen LogP contribution in [0.3, 0.4) is 0 Å². The summed E-state index contributed by atoms with van der Waals surface area (Å²) in [6.07, 6.45) is -7.61. The molecule has 1 unspecified atom stereocenters. The van der Waals surface area contributed by atoms with Gasteiger partial charge < -0.3 is 10.2 Å². The first kappa shape index (κ1) is 33.4. The van der Waals surface area contributed by atoms with Crippen molar-refractivity contribution in [3.63, 3.8) is 0 Å². The van der Waals surface area contributed by atoms with Crippen molar-refractivity contribution in [3.8, 4) is 0 Å². The van der Waals surface area contributed by atoms with Crippen molar-refractivity contribution in [2.45, 2.75) is 56.5 Å². The molecule has 0 aromatic heterocycles. The van der Waals surface area contributed by atoms with Crippen molar-refractivity contribution in [3.05, 3.63) is 68.7 Å². The average Bonchev–Trinajstić information content (AvgIpc) is 2.86. The SMILES string of the molecule is CC(CCN1CCC(NS(C)(=O)=O)CC1)(C(=O)NCc1cc(C(F)(F)F)cc(C(F)(F)F)c1)c1ccc(Cl)c(Cl)c1. The molecule has 0 saturated carbocycles. The van der Waals surface area contributed by atoms with Gasteiger partial charge in [0.2, 0.25) is 15.9 Å². The Balaban J connectivity index is 1.81. The van der Waals surface area contributed by atoms with E-state index in [0.29, 0.717) is 50.2 Å². The number of nitrogens with one attached hydrogen (secondary N) is 2. The van der Waals surface area contributed by atoms with Crippen molar-refractivity contribution in [2.24, 2.45) is 0 Å². The molecule has 1 saturated heterocycles. The molecule has 1 aliphatic rings. The van der Waals surface area contributed by atoms with Crippen LogP contribution in [0.5, 0.6) is 0 Å². The minimum absolute atomic E-state index is 0.0276. The number of likely N-dealkylation sites (tertiary alicyclic amines) is 1. The second-order valence-electron chi connectivity index (χ2n) is 10.3. The van der Waals surface area contributed by atoms with Gasteiger partial charge in [0, 0.05) is 12.6 Å². The summed E-state index contributed by atoms with van der Waals surface area (Å²) in [4.78, 5) is 15.6. The van der Waals surface area contributed by atoms with Crippen molar-refractivity contribution >= 4 is 39.1 Å². The number of alkyl halides is 6. The lowest BCUT2D eigenvalue weighted by atomic mass is 9.78. The number of nitrogens with zero attached hydrogens (tertiary/aromatic N) is 1. The summed E-state index contributed by atoms with van der Waals surface area (Å²) in [6.45, 7) is 2.53. The second-order valence-corrected chi connectivity index (χ2v) is 12.9. The van der Waals surface area contributed by atoms with Crippen LogP contribution in [0.1, 0.15) is 48.4 Å². The van der Waals surface area contributed by atoms with Gasteiger partial charge in [0.1, 0.15) is 0 Å². The fourth-order valence-corrected chi connectivity index (χ4v) is 5.83. The Labute approximate surface area is 244 Å². The molecule has 1 amide bonds. The monoisotopic (exact) mass is 647 g/mol. The molecule has 0 bridgehead atoms. The third kappa shape index (κ3) is 9.21. The highest BCUT2D eigenvalue weighted by atomic mass is 35.5. The zero-order valence-electron chi connectivity index (χ0n) is 22.1. The van der Waals surface area contributed by atoms with Gasteiger partial charge in [-0.3, -0.25) is 4.79 Å². The molecule has 0 aliphatic carbocycles. The third-order valence-electron chi connectivity index (χ3n) is 7.05. The molecule has 0 spiro atoms. The highest BCUT2D eigenvalue weighted by molar-refractivity contribution is 7.88. The molecule has 1 fully saturated rings. The van der Waals surface area contributed by atoms with E-state index in [4.69, 9.17) is 23.2 Å². The van der Waals surface area contributed by atoms with Gasteiger partial charge in [0.15, 0.2) is 0 Å². The third-order valence-corrected chi connectivity index (χ3v) is 8.56. The standard InChI is InChI=1S/C26H29Cl2F6N3O3S/c1-24(17-3-4-21(27)22(28)14-17,7-10-37-8-5-20(6-9-37)36-41(2,39)40)23(38)35-15-16-11-18(25(29,30)31)13-19(12-16)26(32,33)34/h3-4,11-14,20,36H,5-10,15H2,1-2H3,(H,35,38). The summed E-state index contributed by atoms with van der Waals surface area (Å²) in [6, 6.07) is 5.54. The number of rotatable bonds is 9. The summed E-state index contributed by atoms with van der Waals surface area (Å²) in [5, 5.41) is 2.91. The second kappa shape index (κ2) is 12.7. The summed E-state index contributed by atoms with van der Waals surface area (Å²) >= 11 is 12.2. The number of hydrogen-bond donors (Lipinski definition) is 2.